The lowest BCUT2D eigenvalue weighted by molar-refractivity contribution is -0.119. The SMILES string of the molecule is CC[C@@H](C)[C@](C)(O)CNC1CCC(NC(C)=O)CC1. The Labute approximate surface area is 117 Å². The second kappa shape index (κ2) is 7.25. The first-order valence-corrected chi connectivity index (χ1v) is 7.58. The van der Waals surface area contributed by atoms with E-state index < -0.39 is 5.60 Å². The summed E-state index contributed by atoms with van der Waals surface area (Å²) in [5.41, 5.74) is -0.636. The van der Waals surface area contributed by atoms with Crippen LogP contribution in [0.1, 0.15) is 59.8 Å². The Morgan fingerprint density at radius 3 is 2.32 bits per heavy atom. The average molecular weight is 270 g/mol. The third-order valence-electron chi connectivity index (χ3n) is 4.56. The van der Waals surface area contributed by atoms with Gasteiger partial charge >= 0.3 is 0 Å². The number of carbonyl (C=O) groups excluding carboxylic acids is 1. The van der Waals surface area contributed by atoms with Crippen LogP contribution in [0.4, 0.5) is 0 Å². The summed E-state index contributed by atoms with van der Waals surface area (Å²) < 4.78 is 0. The second-order valence-corrected chi connectivity index (χ2v) is 6.30. The first kappa shape index (κ1) is 16.4. The summed E-state index contributed by atoms with van der Waals surface area (Å²) in [6.45, 7) is 8.34. The van der Waals surface area contributed by atoms with E-state index in [1.165, 1.54) is 0 Å². The maximum atomic E-state index is 11.0. The van der Waals surface area contributed by atoms with Crippen molar-refractivity contribution in [2.24, 2.45) is 5.92 Å². The Morgan fingerprint density at radius 2 is 1.84 bits per heavy atom. The average Bonchev–Trinajstić information content (AvgIpc) is 2.36. The van der Waals surface area contributed by atoms with Gasteiger partial charge in [-0.25, -0.2) is 0 Å². The molecule has 4 heteroatoms. The normalized spacial score (nSPS) is 28.5. The second-order valence-electron chi connectivity index (χ2n) is 6.30. The highest BCUT2D eigenvalue weighted by molar-refractivity contribution is 5.73. The minimum Gasteiger partial charge on any atom is -0.389 e. The molecule has 0 aromatic carbocycles. The fraction of sp³-hybridized carbons (Fsp3) is 0.933. The summed E-state index contributed by atoms with van der Waals surface area (Å²) >= 11 is 0. The lowest BCUT2D eigenvalue weighted by Gasteiger charge is -2.34. The molecule has 3 N–H and O–H groups in total. The Hall–Kier alpha value is -0.610. The minimum atomic E-state index is -0.636. The van der Waals surface area contributed by atoms with Crippen LogP contribution < -0.4 is 10.6 Å². The Bertz CT molecular complexity index is 284. The predicted octanol–water partition coefficient (Wildman–Crippen LogP) is 1.82. The number of rotatable bonds is 6. The largest absolute Gasteiger partial charge is 0.389 e. The zero-order chi connectivity index (χ0) is 14.5. The van der Waals surface area contributed by atoms with E-state index in [9.17, 15) is 9.90 Å². The monoisotopic (exact) mass is 270 g/mol. The third kappa shape index (κ3) is 5.49. The molecule has 19 heavy (non-hydrogen) atoms. The van der Waals surface area contributed by atoms with Crippen molar-refractivity contribution in [1.82, 2.24) is 10.6 Å². The molecule has 0 aromatic rings. The molecule has 1 aliphatic rings. The smallest absolute Gasteiger partial charge is 0.217 e. The fourth-order valence-corrected chi connectivity index (χ4v) is 2.69. The van der Waals surface area contributed by atoms with Crippen LogP contribution in [0.3, 0.4) is 0 Å². The first-order valence-electron chi connectivity index (χ1n) is 7.58. The maximum absolute atomic E-state index is 11.0. The van der Waals surface area contributed by atoms with Crippen molar-refractivity contribution >= 4 is 5.91 Å². The van der Waals surface area contributed by atoms with Gasteiger partial charge in [-0.1, -0.05) is 20.3 Å². The zero-order valence-electron chi connectivity index (χ0n) is 12.8. The molecule has 2 atom stereocenters. The standard InChI is InChI=1S/C15H30N2O2/c1-5-11(2)15(4,19)10-16-13-6-8-14(9-7-13)17-12(3)18/h11,13-14,16,19H,5-10H2,1-4H3,(H,17,18)/t11-,13?,14?,15-/m1/s1. The molecule has 0 aromatic heterocycles. The van der Waals surface area contributed by atoms with Crippen molar-refractivity contribution in [2.45, 2.75) is 77.5 Å². The molecule has 1 saturated carbocycles. The van der Waals surface area contributed by atoms with Gasteiger partial charge in [0.1, 0.15) is 0 Å². The molecule has 0 unspecified atom stereocenters. The molecular weight excluding hydrogens is 240 g/mol. The van der Waals surface area contributed by atoms with E-state index in [0.29, 0.717) is 24.5 Å². The Balaban J connectivity index is 2.28. The molecule has 1 aliphatic carbocycles. The summed E-state index contributed by atoms with van der Waals surface area (Å²) in [4.78, 5) is 11.0. The van der Waals surface area contributed by atoms with Crippen LogP contribution >= 0.6 is 0 Å². The highest BCUT2D eigenvalue weighted by Gasteiger charge is 2.29. The van der Waals surface area contributed by atoms with Gasteiger partial charge in [-0.05, 0) is 38.5 Å². The molecular formula is C15H30N2O2. The van der Waals surface area contributed by atoms with E-state index in [1.54, 1.807) is 6.92 Å². The van der Waals surface area contributed by atoms with E-state index in [2.05, 4.69) is 24.5 Å². The van der Waals surface area contributed by atoms with Crippen molar-refractivity contribution < 1.29 is 9.90 Å². The van der Waals surface area contributed by atoms with Gasteiger partial charge in [0.2, 0.25) is 5.91 Å². The number of aliphatic hydroxyl groups is 1. The van der Waals surface area contributed by atoms with Crippen LogP contribution in [0.5, 0.6) is 0 Å². The molecule has 1 fully saturated rings. The molecule has 112 valence electrons. The maximum Gasteiger partial charge on any atom is 0.217 e. The van der Waals surface area contributed by atoms with Crippen LogP contribution in [0.25, 0.3) is 0 Å². The van der Waals surface area contributed by atoms with Crippen molar-refractivity contribution in [2.75, 3.05) is 6.54 Å². The number of hydrogen-bond donors (Lipinski definition) is 3. The Morgan fingerprint density at radius 1 is 1.32 bits per heavy atom. The van der Waals surface area contributed by atoms with Gasteiger partial charge in [-0.3, -0.25) is 4.79 Å². The summed E-state index contributed by atoms with van der Waals surface area (Å²) in [6, 6.07) is 0.811. The van der Waals surface area contributed by atoms with Crippen molar-refractivity contribution in [1.29, 1.82) is 0 Å². The molecule has 1 rings (SSSR count). The fourth-order valence-electron chi connectivity index (χ4n) is 2.69. The van der Waals surface area contributed by atoms with Gasteiger partial charge in [0.05, 0.1) is 5.60 Å². The van der Waals surface area contributed by atoms with Gasteiger partial charge in [-0.15, -0.1) is 0 Å². The molecule has 0 heterocycles. The van der Waals surface area contributed by atoms with Crippen LogP contribution in [-0.2, 0) is 4.79 Å². The zero-order valence-corrected chi connectivity index (χ0v) is 12.8. The van der Waals surface area contributed by atoms with Gasteiger partial charge in [-0.2, -0.15) is 0 Å². The van der Waals surface area contributed by atoms with Crippen molar-refractivity contribution in [3.05, 3.63) is 0 Å². The molecule has 0 saturated heterocycles. The summed E-state index contributed by atoms with van der Waals surface area (Å²) in [7, 11) is 0. The highest BCUT2D eigenvalue weighted by atomic mass is 16.3. The summed E-state index contributed by atoms with van der Waals surface area (Å²) in [5, 5.41) is 16.8. The van der Waals surface area contributed by atoms with Crippen LogP contribution in [0.2, 0.25) is 0 Å². The van der Waals surface area contributed by atoms with Gasteiger partial charge in [0, 0.05) is 25.6 Å². The molecule has 0 radical (unpaired) electrons. The lowest BCUT2D eigenvalue weighted by Crippen LogP contribution is -2.48. The summed E-state index contributed by atoms with van der Waals surface area (Å²) in [5.74, 6) is 0.367. The highest BCUT2D eigenvalue weighted by Crippen LogP contribution is 2.22. The minimum absolute atomic E-state index is 0.0658. The van der Waals surface area contributed by atoms with Crippen molar-refractivity contribution in [3.8, 4) is 0 Å². The molecule has 4 nitrogen and oxygen atoms in total. The lowest BCUT2D eigenvalue weighted by atomic mass is 9.87. The van der Waals surface area contributed by atoms with Gasteiger partial charge < -0.3 is 15.7 Å². The third-order valence-corrected chi connectivity index (χ3v) is 4.56. The number of hydrogen-bond acceptors (Lipinski definition) is 3. The van der Waals surface area contributed by atoms with Crippen molar-refractivity contribution in [3.63, 3.8) is 0 Å². The quantitative estimate of drug-likeness (QED) is 0.690. The van der Waals surface area contributed by atoms with Crippen LogP contribution in [0, 0.1) is 5.92 Å². The van der Waals surface area contributed by atoms with E-state index in [1.807, 2.05) is 6.92 Å². The first-order chi connectivity index (χ1) is 8.85. The van der Waals surface area contributed by atoms with Crippen LogP contribution in [0.15, 0.2) is 0 Å². The van der Waals surface area contributed by atoms with E-state index in [0.717, 1.165) is 32.1 Å². The number of nitrogens with one attached hydrogen (secondary N) is 2. The molecule has 0 spiro atoms. The summed E-state index contributed by atoms with van der Waals surface area (Å²) in [6.07, 6.45) is 5.19. The molecule has 1 amide bonds. The number of carbonyl (C=O) groups is 1. The molecule has 0 bridgehead atoms. The van der Waals surface area contributed by atoms with Crippen LogP contribution in [-0.4, -0.2) is 35.2 Å². The van der Waals surface area contributed by atoms with E-state index in [4.69, 9.17) is 0 Å². The molecule has 0 aliphatic heterocycles. The van der Waals surface area contributed by atoms with Gasteiger partial charge in [0.15, 0.2) is 0 Å². The van der Waals surface area contributed by atoms with Gasteiger partial charge in [0.25, 0.3) is 0 Å². The topological polar surface area (TPSA) is 61.4 Å². The van der Waals surface area contributed by atoms with E-state index >= 15 is 0 Å². The number of amides is 1. The van der Waals surface area contributed by atoms with E-state index in [-0.39, 0.29) is 5.91 Å². The predicted molar refractivity (Wildman–Crippen MR) is 77.9 cm³/mol. The Kier molecular flexibility index (Phi) is 6.27.